The van der Waals surface area contributed by atoms with Crippen LogP contribution in [0.4, 0.5) is 11.4 Å². The van der Waals surface area contributed by atoms with Crippen LogP contribution in [0.15, 0.2) is 42.5 Å². The Bertz CT molecular complexity index is 1060. The third-order valence-corrected chi connectivity index (χ3v) is 7.89. The van der Waals surface area contributed by atoms with Gasteiger partial charge in [0.15, 0.2) is 5.75 Å². The molecule has 2 aliphatic heterocycles. The van der Waals surface area contributed by atoms with Gasteiger partial charge in [-0.05, 0) is 75.2 Å². The van der Waals surface area contributed by atoms with Crippen molar-refractivity contribution < 1.29 is 14.5 Å². The highest BCUT2D eigenvalue weighted by molar-refractivity contribution is 5.76. The third-order valence-electron chi connectivity index (χ3n) is 7.89. The summed E-state index contributed by atoms with van der Waals surface area (Å²) < 4.78 is 5.46. The number of carbonyl (C=O) groups is 1. The number of carbonyl (C=O) groups excluding carboxylic acids is 1. The van der Waals surface area contributed by atoms with Gasteiger partial charge in [-0.25, -0.2) is 0 Å². The molecule has 0 radical (unpaired) electrons. The first-order valence-electron chi connectivity index (χ1n) is 14.2. The van der Waals surface area contributed by atoms with E-state index in [0.717, 1.165) is 70.5 Å². The van der Waals surface area contributed by atoms with E-state index in [9.17, 15) is 14.9 Å². The first-order chi connectivity index (χ1) is 18.5. The second-order valence-corrected chi connectivity index (χ2v) is 10.5. The van der Waals surface area contributed by atoms with Gasteiger partial charge < -0.3 is 19.9 Å². The lowest BCUT2D eigenvalue weighted by Gasteiger charge is -2.35. The number of nitro groups is 1. The molecule has 8 heteroatoms. The van der Waals surface area contributed by atoms with Gasteiger partial charge in [-0.3, -0.25) is 14.9 Å². The number of aryl methyl sites for hydroxylation is 1. The number of ether oxygens (including phenoxy) is 1. The van der Waals surface area contributed by atoms with E-state index in [2.05, 4.69) is 41.4 Å². The van der Waals surface area contributed by atoms with Crippen molar-refractivity contribution in [2.45, 2.75) is 70.8 Å². The van der Waals surface area contributed by atoms with E-state index < -0.39 is 4.92 Å². The number of benzene rings is 2. The van der Waals surface area contributed by atoms with Gasteiger partial charge >= 0.3 is 5.69 Å². The topological polar surface area (TPSA) is 88.0 Å². The Hall–Kier alpha value is -3.13. The van der Waals surface area contributed by atoms with Crippen molar-refractivity contribution in [3.63, 3.8) is 0 Å². The molecule has 4 rings (SSSR count). The van der Waals surface area contributed by atoms with Crippen LogP contribution in [-0.4, -0.2) is 66.0 Å². The molecule has 0 aromatic heterocycles. The van der Waals surface area contributed by atoms with E-state index in [1.54, 1.807) is 12.1 Å². The number of hydrogen-bond acceptors (Lipinski definition) is 6. The summed E-state index contributed by atoms with van der Waals surface area (Å²) in [6.45, 7) is 8.82. The van der Waals surface area contributed by atoms with Crippen molar-refractivity contribution in [2.24, 2.45) is 0 Å². The minimum Gasteiger partial charge on any atom is -0.487 e. The van der Waals surface area contributed by atoms with Crippen LogP contribution in [0.5, 0.6) is 5.75 Å². The first-order valence-corrected chi connectivity index (χ1v) is 14.2. The fourth-order valence-corrected chi connectivity index (χ4v) is 5.68. The molecule has 0 unspecified atom stereocenters. The molecule has 0 atom stereocenters. The van der Waals surface area contributed by atoms with Gasteiger partial charge in [0.2, 0.25) is 5.91 Å². The summed E-state index contributed by atoms with van der Waals surface area (Å²) in [5, 5.41) is 14.7. The summed E-state index contributed by atoms with van der Waals surface area (Å²) in [5.74, 6) is 1.15. The molecule has 2 fully saturated rings. The number of nitro benzene ring substituents is 1. The zero-order valence-corrected chi connectivity index (χ0v) is 22.9. The SMILES string of the molecule is CCCc1ccc(C2CCN(CCC(=O)N3CCC(Nc4ccc([N+](=O)[O-])c(OCC)c4)CC3)CC2)cc1. The largest absolute Gasteiger partial charge is 0.487 e. The van der Waals surface area contributed by atoms with E-state index in [1.165, 1.54) is 23.6 Å². The minimum atomic E-state index is -0.423. The van der Waals surface area contributed by atoms with Crippen molar-refractivity contribution in [1.29, 1.82) is 0 Å². The lowest BCUT2D eigenvalue weighted by Crippen LogP contribution is -2.43. The lowest BCUT2D eigenvalue weighted by molar-refractivity contribution is -0.385. The Labute approximate surface area is 226 Å². The summed E-state index contributed by atoms with van der Waals surface area (Å²) in [4.78, 5) is 28.1. The van der Waals surface area contributed by atoms with Crippen LogP contribution < -0.4 is 10.1 Å². The van der Waals surface area contributed by atoms with Crippen LogP contribution in [0.2, 0.25) is 0 Å². The van der Waals surface area contributed by atoms with Crippen molar-refractivity contribution in [1.82, 2.24) is 9.80 Å². The zero-order valence-electron chi connectivity index (χ0n) is 22.9. The molecule has 2 heterocycles. The monoisotopic (exact) mass is 522 g/mol. The highest BCUT2D eigenvalue weighted by atomic mass is 16.6. The molecule has 206 valence electrons. The third kappa shape index (κ3) is 7.47. The van der Waals surface area contributed by atoms with Gasteiger partial charge in [0, 0.05) is 49.9 Å². The molecular weight excluding hydrogens is 480 g/mol. The maximum atomic E-state index is 12.9. The van der Waals surface area contributed by atoms with Crippen LogP contribution in [0.1, 0.15) is 69.4 Å². The number of nitrogens with zero attached hydrogens (tertiary/aromatic N) is 3. The summed E-state index contributed by atoms with van der Waals surface area (Å²) in [7, 11) is 0. The van der Waals surface area contributed by atoms with E-state index in [4.69, 9.17) is 4.74 Å². The van der Waals surface area contributed by atoms with Gasteiger partial charge in [-0.2, -0.15) is 0 Å². The molecule has 38 heavy (non-hydrogen) atoms. The first kappa shape index (κ1) is 27.9. The van der Waals surface area contributed by atoms with Crippen LogP contribution >= 0.6 is 0 Å². The molecule has 8 nitrogen and oxygen atoms in total. The number of anilines is 1. The summed E-state index contributed by atoms with van der Waals surface area (Å²) >= 11 is 0. The van der Waals surface area contributed by atoms with Gasteiger partial charge in [0.05, 0.1) is 11.5 Å². The summed E-state index contributed by atoms with van der Waals surface area (Å²) in [6, 6.07) is 14.3. The van der Waals surface area contributed by atoms with E-state index in [0.29, 0.717) is 18.9 Å². The van der Waals surface area contributed by atoms with Crippen molar-refractivity contribution in [3.05, 3.63) is 63.7 Å². The molecule has 1 N–H and O–H groups in total. The van der Waals surface area contributed by atoms with Crippen LogP contribution in [0.3, 0.4) is 0 Å². The van der Waals surface area contributed by atoms with E-state index >= 15 is 0 Å². The highest BCUT2D eigenvalue weighted by Gasteiger charge is 2.25. The van der Waals surface area contributed by atoms with Crippen molar-refractivity contribution in [2.75, 3.05) is 44.6 Å². The second-order valence-electron chi connectivity index (χ2n) is 10.5. The minimum absolute atomic E-state index is 0.0249. The quantitative estimate of drug-likeness (QED) is 0.304. The molecule has 0 bridgehead atoms. The van der Waals surface area contributed by atoms with E-state index in [-0.39, 0.29) is 23.4 Å². The second kappa shape index (κ2) is 13.6. The molecule has 0 saturated carbocycles. The number of piperidine rings is 2. The van der Waals surface area contributed by atoms with Gasteiger partial charge in [-0.15, -0.1) is 0 Å². The predicted molar refractivity (Wildman–Crippen MR) is 151 cm³/mol. The highest BCUT2D eigenvalue weighted by Crippen LogP contribution is 2.31. The van der Waals surface area contributed by atoms with Gasteiger partial charge in [0.25, 0.3) is 0 Å². The molecule has 2 saturated heterocycles. The average molecular weight is 523 g/mol. The number of likely N-dealkylation sites (tertiary alicyclic amines) is 2. The van der Waals surface area contributed by atoms with E-state index in [1.807, 2.05) is 11.8 Å². The Morgan fingerprint density at radius 1 is 1.03 bits per heavy atom. The molecule has 0 aliphatic carbocycles. The number of amides is 1. The van der Waals surface area contributed by atoms with Crippen LogP contribution in [-0.2, 0) is 11.2 Å². The standard InChI is InChI=1S/C30H42N4O4/c1-3-5-23-6-8-24(9-7-23)25-12-17-32(18-13-25)19-16-30(35)33-20-14-26(15-21-33)31-27-10-11-28(34(36)37)29(22-27)38-4-2/h6-11,22,25-26,31H,3-5,12-21H2,1-2H3. The molecule has 2 aromatic carbocycles. The molecule has 1 amide bonds. The fourth-order valence-electron chi connectivity index (χ4n) is 5.68. The normalized spacial score (nSPS) is 17.4. The Balaban J connectivity index is 1.17. The molecular formula is C30H42N4O4. The zero-order chi connectivity index (χ0) is 26.9. The number of nitrogens with one attached hydrogen (secondary N) is 1. The predicted octanol–water partition coefficient (Wildman–Crippen LogP) is 5.62. The van der Waals surface area contributed by atoms with Crippen molar-refractivity contribution in [3.8, 4) is 5.75 Å². The summed E-state index contributed by atoms with van der Waals surface area (Å²) in [5.41, 5.74) is 3.67. The molecule has 2 aromatic rings. The van der Waals surface area contributed by atoms with Crippen LogP contribution in [0, 0.1) is 10.1 Å². The smallest absolute Gasteiger partial charge is 0.311 e. The van der Waals surface area contributed by atoms with Gasteiger partial charge in [0.1, 0.15) is 0 Å². The maximum Gasteiger partial charge on any atom is 0.311 e. The molecule has 2 aliphatic rings. The van der Waals surface area contributed by atoms with Crippen LogP contribution in [0.25, 0.3) is 0 Å². The van der Waals surface area contributed by atoms with Crippen molar-refractivity contribution >= 4 is 17.3 Å². The Morgan fingerprint density at radius 2 is 1.74 bits per heavy atom. The number of hydrogen-bond donors (Lipinski definition) is 1. The number of rotatable bonds is 11. The maximum absolute atomic E-state index is 12.9. The Morgan fingerprint density at radius 3 is 2.37 bits per heavy atom. The van der Waals surface area contributed by atoms with Gasteiger partial charge in [-0.1, -0.05) is 37.6 Å². The lowest BCUT2D eigenvalue weighted by atomic mass is 9.88. The summed E-state index contributed by atoms with van der Waals surface area (Å²) in [6.07, 6.45) is 6.94. The Kier molecular flexibility index (Phi) is 9.98. The average Bonchev–Trinajstić information content (AvgIpc) is 2.93. The molecule has 0 spiro atoms. The fraction of sp³-hybridized carbons (Fsp3) is 0.567.